The smallest absolute Gasteiger partial charge is 0.339 e. The number of carbonyl (C=O) groups excluding carboxylic acids is 2. The predicted octanol–water partition coefficient (Wildman–Crippen LogP) is 0.834. The minimum Gasteiger partial charge on any atom is -0.505 e. The number of phenols is 1. The molecule has 0 unspecified atom stereocenters. The molecule has 6 heteroatoms. The van der Waals surface area contributed by atoms with Crippen LogP contribution in [0, 0.1) is 0 Å². The summed E-state index contributed by atoms with van der Waals surface area (Å²) in [6, 6.07) is 2.15. The zero-order valence-electron chi connectivity index (χ0n) is 9.06. The van der Waals surface area contributed by atoms with Gasteiger partial charge in [0.05, 0.1) is 12.1 Å². The Bertz CT molecular complexity index is 507. The first-order valence-corrected chi connectivity index (χ1v) is 4.71. The average molecular weight is 237 g/mol. The van der Waals surface area contributed by atoms with Crippen LogP contribution in [0.4, 0.5) is 5.69 Å². The predicted molar refractivity (Wildman–Crippen MR) is 59.1 cm³/mol. The first kappa shape index (κ1) is 12.7. The van der Waals surface area contributed by atoms with Crippen LogP contribution in [0.5, 0.6) is 5.75 Å². The van der Waals surface area contributed by atoms with E-state index >= 15 is 0 Å². The normalized spacial score (nSPS) is 9.94. The summed E-state index contributed by atoms with van der Waals surface area (Å²) in [7, 11) is 0. The molecule has 0 amide bonds. The van der Waals surface area contributed by atoms with Gasteiger partial charge in [0.15, 0.2) is 11.5 Å². The number of carboxylic acid groups (broad SMARTS) is 1. The summed E-state index contributed by atoms with van der Waals surface area (Å²) in [6.07, 6.45) is -0.330. The summed E-state index contributed by atoms with van der Waals surface area (Å²) in [5, 5.41) is 18.2. The molecule has 0 aliphatic heterocycles. The number of ketones is 2. The molecule has 90 valence electrons. The van der Waals surface area contributed by atoms with Gasteiger partial charge in [0.2, 0.25) is 0 Å². The van der Waals surface area contributed by atoms with E-state index in [9.17, 15) is 19.5 Å². The number of anilines is 1. The molecule has 1 rings (SSSR count). The highest BCUT2D eigenvalue weighted by Crippen LogP contribution is 2.27. The lowest BCUT2D eigenvalue weighted by molar-refractivity contribution is -0.116. The van der Waals surface area contributed by atoms with Crippen LogP contribution >= 0.6 is 0 Å². The van der Waals surface area contributed by atoms with Crippen molar-refractivity contribution in [3.8, 4) is 5.75 Å². The number of rotatable bonds is 4. The molecule has 6 nitrogen and oxygen atoms in total. The number of hydrogen-bond donors (Lipinski definition) is 3. The number of benzene rings is 1. The summed E-state index contributed by atoms with van der Waals surface area (Å²) >= 11 is 0. The van der Waals surface area contributed by atoms with Crippen molar-refractivity contribution in [1.82, 2.24) is 0 Å². The molecule has 1 aromatic carbocycles. The van der Waals surface area contributed by atoms with Crippen LogP contribution in [-0.2, 0) is 4.79 Å². The number of carboxylic acids is 1. The molecule has 0 fully saturated rings. The highest BCUT2D eigenvalue weighted by atomic mass is 16.4. The number of Topliss-reactive ketones (excluding diaryl/α,β-unsaturated/α-hetero) is 2. The Kier molecular flexibility index (Phi) is 3.47. The zero-order valence-corrected chi connectivity index (χ0v) is 9.06. The van der Waals surface area contributed by atoms with E-state index in [4.69, 9.17) is 10.8 Å². The summed E-state index contributed by atoms with van der Waals surface area (Å²) < 4.78 is 0. The molecule has 0 atom stereocenters. The Labute approximate surface area is 96.7 Å². The van der Waals surface area contributed by atoms with E-state index in [2.05, 4.69) is 0 Å². The van der Waals surface area contributed by atoms with E-state index in [1.165, 1.54) is 6.92 Å². The van der Waals surface area contributed by atoms with Gasteiger partial charge in [0.1, 0.15) is 11.3 Å². The SMILES string of the molecule is CC(=O)CC(=O)c1cc(N)c(O)c(C(=O)O)c1. The second kappa shape index (κ2) is 4.65. The van der Waals surface area contributed by atoms with Gasteiger partial charge >= 0.3 is 5.97 Å². The maximum absolute atomic E-state index is 11.5. The van der Waals surface area contributed by atoms with Gasteiger partial charge in [-0.05, 0) is 19.1 Å². The van der Waals surface area contributed by atoms with E-state index < -0.39 is 23.1 Å². The third-order valence-electron chi connectivity index (χ3n) is 2.10. The lowest BCUT2D eigenvalue weighted by Crippen LogP contribution is -2.08. The minimum atomic E-state index is -1.40. The fourth-order valence-corrected chi connectivity index (χ4v) is 1.31. The fraction of sp³-hybridized carbons (Fsp3) is 0.182. The van der Waals surface area contributed by atoms with E-state index in [0.717, 1.165) is 12.1 Å². The Hall–Kier alpha value is -2.37. The second-order valence-electron chi connectivity index (χ2n) is 3.57. The lowest BCUT2D eigenvalue weighted by Gasteiger charge is -2.06. The Morgan fingerprint density at radius 2 is 1.88 bits per heavy atom. The topological polar surface area (TPSA) is 118 Å². The number of nitrogens with two attached hydrogens (primary N) is 1. The number of aromatic carboxylic acids is 1. The van der Waals surface area contributed by atoms with Gasteiger partial charge in [-0.25, -0.2) is 4.79 Å². The first-order valence-electron chi connectivity index (χ1n) is 4.71. The molecule has 0 radical (unpaired) electrons. The first-order chi connectivity index (χ1) is 7.82. The summed E-state index contributed by atoms with van der Waals surface area (Å²) in [4.78, 5) is 33.1. The largest absolute Gasteiger partial charge is 0.505 e. The van der Waals surface area contributed by atoms with Crippen molar-refractivity contribution < 1.29 is 24.6 Å². The van der Waals surface area contributed by atoms with E-state index in [0.29, 0.717) is 0 Å². The maximum Gasteiger partial charge on any atom is 0.339 e. The van der Waals surface area contributed by atoms with Crippen LogP contribution < -0.4 is 5.73 Å². The van der Waals surface area contributed by atoms with E-state index in [1.807, 2.05) is 0 Å². The van der Waals surface area contributed by atoms with Gasteiger partial charge < -0.3 is 15.9 Å². The van der Waals surface area contributed by atoms with Gasteiger partial charge in [0.25, 0.3) is 0 Å². The minimum absolute atomic E-state index is 0.00657. The Morgan fingerprint density at radius 1 is 1.29 bits per heavy atom. The van der Waals surface area contributed by atoms with Crippen molar-refractivity contribution in [2.75, 3.05) is 5.73 Å². The van der Waals surface area contributed by atoms with Crippen molar-refractivity contribution in [2.45, 2.75) is 13.3 Å². The van der Waals surface area contributed by atoms with Gasteiger partial charge in [-0.3, -0.25) is 9.59 Å². The third-order valence-corrected chi connectivity index (χ3v) is 2.10. The number of carbonyl (C=O) groups is 3. The third kappa shape index (κ3) is 2.81. The van der Waals surface area contributed by atoms with E-state index in [1.54, 1.807) is 0 Å². The molecule has 0 aliphatic carbocycles. The molecule has 0 spiro atoms. The molecule has 0 heterocycles. The molecule has 0 bridgehead atoms. The summed E-state index contributed by atoms with van der Waals surface area (Å²) in [6.45, 7) is 1.25. The standard InChI is InChI=1S/C11H11NO5/c1-5(13)2-9(14)6-3-7(11(16)17)10(15)8(12)4-6/h3-4,15H,2,12H2,1H3,(H,16,17). The molecule has 0 saturated carbocycles. The molecule has 1 aromatic rings. The van der Waals surface area contributed by atoms with Gasteiger partial charge in [-0.15, -0.1) is 0 Å². The van der Waals surface area contributed by atoms with Crippen LogP contribution in [0.1, 0.15) is 34.1 Å². The highest BCUT2D eigenvalue weighted by Gasteiger charge is 2.17. The second-order valence-corrected chi connectivity index (χ2v) is 3.57. The maximum atomic E-state index is 11.5. The average Bonchev–Trinajstić information content (AvgIpc) is 2.20. The number of aromatic hydroxyl groups is 1. The summed E-state index contributed by atoms with van der Waals surface area (Å²) in [5.74, 6) is -2.85. The quantitative estimate of drug-likeness (QED) is 0.309. The molecular formula is C11H11NO5. The molecule has 0 saturated heterocycles. The molecule has 4 N–H and O–H groups in total. The highest BCUT2D eigenvalue weighted by molar-refractivity contribution is 6.09. The van der Waals surface area contributed by atoms with Crippen molar-refractivity contribution in [3.05, 3.63) is 23.3 Å². The van der Waals surface area contributed by atoms with Crippen LogP contribution in [-0.4, -0.2) is 27.7 Å². The number of hydrogen-bond acceptors (Lipinski definition) is 5. The Balaban J connectivity index is 3.23. The van der Waals surface area contributed by atoms with Crippen molar-refractivity contribution in [3.63, 3.8) is 0 Å². The van der Waals surface area contributed by atoms with Crippen LogP contribution in [0.15, 0.2) is 12.1 Å². The lowest BCUT2D eigenvalue weighted by atomic mass is 10.0. The van der Waals surface area contributed by atoms with Gasteiger partial charge in [0, 0.05) is 5.56 Å². The van der Waals surface area contributed by atoms with Crippen LogP contribution in [0.3, 0.4) is 0 Å². The van der Waals surface area contributed by atoms with E-state index in [-0.39, 0.29) is 23.5 Å². The fourth-order valence-electron chi connectivity index (χ4n) is 1.31. The van der Waals surface area contributed by atoms with Crippen molar-refractivity contribution in [2.24, 2.45) is 0 Å². The van der Waals surface area contributed by atoms with Crippen molar-refractivity contribution in [1.29, 1.82) is 0 Å². The molecule has 0 aromatic heterocycles. The van der Waals surface area contributed by atoms with Gasteiger partial charge in [-0.1, -0.05) is 0 Å². The Morgan fingerprint density at radius 3 is 2.35 bits per heavy atom. The summed E-state index contributed by atoms with van der Waals surface area (Å²) in [5.41, 5.74) is 4.70. The van der Waals surface area contributed by atoms with Crippen molar-refractivity contribution >= 4 is 23.2 Å². The monoisotopic (exact) mass is 237 g/mol. The number of nitrogen functional groups attached to an aromatic ring is 1. The molecule has 17 heavy (non-hydrogen) atoms. The molecular weight excluding hydrogens is 226 g/mol. The van der Waals surface area contributed by atoms with Crippen LogP contribution in [0.2, 0.25) is 0 Å². The van der Waals surface area contributed by atoms with Gasteiger partial charge in [-0.2, -0.15) is 0 Å². The molecule has 0 aliphatic rings. The van der Waals surface area contributed by atoms with Crippen LogP contribution in [0.25, 0.3) is 0 Å². The zero-order chi connectivity index (χ0) is 13.2.